The Morgan fingerprint density at radius 1 is 2.00 bits per heavy atom. The molecule has 0 atom stereocenters. The van der Waals surface area contributed by atoms with Crippen molar-refractivity contribution >= 4 is 30.1 Å². The highest BCUT2D eigenvalue weighted by atomic mass is 127. The zero-order valence-electron chi connectivity index (χ0n) is 1.86. The van der Waals surface area contributed by atoms with Crippen LogP contribution in [0.5, 0.6) is 0 Å². The van der Waals surface area contributed by atoms with Crippen LogP contribution in [0.3, 0.4) is 0 Å². The molecule has 0 nitrogen and oxygen atoms in total. The molecule has 0 spiro atoms. The number of hydrogen-bond donors (Lipinski definition) is 0. The second kappa shape index (κ2) is 3.64. The van der Waals surface area contributed by atoms with E-state index in [-0.39, 0.29) is 0 Å². The van der Waals surface area contributed by atoms with Gasteiger partial charge in [0.2, 0.25) is 0 Å². The molecule has 4 heavy (non-hydrogen) atoms. The van der Waals surface area contributed by atoms with E-state index in [1.54, 1.807) is 0 Å². The summed E-state index contributed by atoms with van der Waals surface area (Å²) >= 11 is 2.03. The predicted molar refractivity (Wildman–Crippen MR) is 30.4 cm³/mol. The fourth-order valence-corrected chi connectivity index (χ4v) is 0. The Morgan fingerprint density at radius 3 is 2.25 bits per heavy atom. The first-order chi connectivity index (χ1) is 1.91. The Morgan fingerprint density at radius 2 is 2.25 bits per heavy atom. The van der Waals surface area contributed by atoms with E-state index in [2.05, 4.69) is 5.25 Å². The van der Waals surface area contributed by atoms with Gasteiger partial charge in [-0.3, -0.25) is 0 Å². The third-order valence-electron chi connectivity index (χ3n) is 0.0445. The number of rotatable bonds is 0. The van der Waals surface area contributed by atoms with E-state index < -0.39 is 0 Å². The SMILES string of the molecule is C#CSI. The monoisotopic (exact) mass is 184 g/mol. The zero-order valence-corrected chi connectivity index (χ0v) is 4.84. The van der Waals surface area contributed by atoms with Gasteiger partial charge in [0.05, 0.1) is 0 Å². The summed E-state index contributed by atoms with van der Waals surface area (Å²) in [6.07, 6.45) is 4.73. The summed E-state index contributed by atoms with van der Waals surface area (Å²) in [6, 6.07) is 0. The second-order valence-electron chi connectivity index (χ2n) is 0.195. The molecule has 0 rings (SSSR count). The third-order valence-corrected chi connectivity index (χ3v) is 0.896. The highest BCUT2D eigenvalue weighted by Crippen LogP contribution is 2.04. The van der Waals surface area contributed by atoms with Crippen LogP contribution in [0.4, 0.5) is 0 Å². The second-order valence-corrected chi connectivity index (χ2v) is 1.91. The molecule has 0 aliphatic rings. The normalized spacial score (nSPS) is 5.00. The maximum absolute atomic E-state index is 4.73. The Hall–Kier alpha value is 0.640. The van der Waals surface area contributed by atoms with Crippen molar-refractivity contribution < 1.29 is 0 Å². The van der Waals surface area contributed by atoms with E-state index in [1.807, 2.05) is 21.2 Å². The molecule has 0 saturated heterocycles. The molecule has 0 aliphatic heterocycles. The average molecular weight is 184 g/mol. The van der Waals surface area contributed by atoms with Crippen LogP contribution < -0.4 is 0 Å². The zero-order chi connectivity index (χ0) is 3.41. The average Bonchev–Trinajstić information content (AvgIpc) is 1.37. The van der Waals surface area contributed by atoms with Gasteiger partial charge in [0.15, 0.2) is 0 Å². The van der Waals surface area contributed by atoms with Crippen molar-refractivity contribution in [3.8, 4) is 11.7 Å². The molecular formula is C2HIS. The van der Waals surface area contributed by atoms with Crippen LogP contribution in [0.25, 0.3) is 0 Å². The van der Waals surface area contributed by atoms with Crippen LogP contribution in [0.1, 0.15) is 0 Å². The molecule has 0 aromatic rings. The first-order valence-electron chi connectivity index (χ1n) is 0.647. The molecule has 0 N–H and O–H groups in total. The minimum Gasteiger partial charge on any atom is -0.107 e. The quantitative estimate of drug-likeness (QED) is 0.407. The Labute approximate surface area is 41.9 Å². The summed E-state index contributed by atoms with van der Waals surface area (Å²) < 4.78 is 0. The molecule has 0 aromatic heterocycles. The summed E-state index contributed by atoms with van der Waals surface area (Å²) in [4.78, 5) is 0. The molecular weight excluding hydrogens is 183 g/mol. The Bertz CT molecular complexity index is 35.8. The highest BCUT2D eigenvalue weighted by Gasteiger charge is 1.47. The molecule has 0 fully saturated rings. The minimum absolute atomic E-state index is 1.35. The van der Waals surface area contributed by atoms with Crippen LogP contribution >= 0.6 is 30.1 Å². The molecule has 0 bridgehead atoms. The van der Waals surface area contributed by atoms with Crippen LogP contribution in [0, 0.1) is 11.7 Å². The van der Waals surface area contributed by atoms with Gasteiger partial charge >= 0.3 is 0 Å². The maximum atomic E-state index is 4.73. The third kappa shape index (κ3) is 2.64. The predicted octanol–water partition coefficient (Wildman–Crippen LogP) is 1.66. The molecule has 0 unspecified atom stereocenters. The molecule has 2 heteroatoms. The molecule has 22 valence electrons. The molecule has 0 heterocycles. The fraction of sp³-hybridized carbons (Fsp3) is 0. The van der Waals surface area contributed by atoms with Crippen molar-refractivity contribution in [1.29, 1.82) is 0 Å². The van der Waals surface area contributed by atoms with Crippen molar-refractivity contribution in [3.63, 3.8) is 0 Å². The largest absolute Gasteiger partial charge is 0.107 e. The maximum Gasteiger partial charge on any atom is 0.0109 e. The van der Waals surface area contributed by atoms with E-state index in [0.717, 1.165) is 0 Å². The topological polar surface area (TPSA) is 0 Å². The first kappa shape index (κ1) is 4.64. The van der Waals surface area contributed by atoms with E-state index in [1.165, 1.54) is 8.93 Å². The summed E-state index contributed by atoms with van der Waals surface area (Å²) in [5, 5.41) is 2.33. The molecule has 0 aliphatic carbocycles. The van der Waals surface area contributed by atoms with Gasteiger partial charge < -0.3 is 0 Å². The summed E-state index contributed by atoms with van der Waals surface area (Å²) in [5.41, 5.74) is 0. The lowest BCUT2D eigenvalue weighted by atomic mass is 11.4. The van der Waals surface area contributed by atoms with Gasteiger partial charge in [-0.15, -0.1) is 6.42 Å². The van der Waals surface area contributed by atoms with E-state index in [9.17, 15) is 0 Å². The van der Waals surface area contributed by atoms with Crippen molar-refractivity contribution in [2.75, 3.05) is 0 Å². The fourth-order valence-electron chi connectivity index (χ4n) is 0. The number of hydrogen-bond acceptors (Lipinski definition) is 1. The number of halogens is 1. The van der Waals surface area contributed by atoms with Crippen molar-refractivity contribution in [3.05, 3.63) is 0 Å². The standard InChI is InChI=1S/C2HIS/c1-2-4-3/h1H. The smallest absolute Gasteiger partial charge is 0.0109 e. The lowest BCUT2D eigenvalue weighted by Crippen LogP contribution is -1.10. The first-order valence-corrected chi connectivity index (χ1v) is 4.01. The summed E-state index contributed by atoms with van der Waals surface area (Å²) in [7, 11) is 1.35. The van der Waals surface area contributed by atoms with Crippen molar-refractivity contribution in [2.24, 2.45) is 0 Å². The van der Waals surface area contributed by atoms with Gasteiger partial charge in [0.1, 0.15) is 0 Å². The Balaban J connectivity index is 2.43. The van der Waals surface area contributed by atoms with Crippen LogP contribution in [0.15, 0.2) is 0 Å². The van der Waals surface area contributed by atoms with Gasteiger partial charge in [-0.25, -0.2) is 0 Å². The van der Waals surface area contributed by atoms with Crippen LogP contribution in [-0.4, -0.2) is 0 Å². The number of terminal acetylenes is 1. The van der Waals surface area contributed by atoms with Gasteiger partial charge in [-0.05, 0) is 14.2 Å². The lowest BCUT2D eigenvalue weighted by Gasteiger charge is -1.49. The molecule has 0 saturated carbocycles. The molecule has 0 amide bonds. The lowest BCUT2D eigenvalue weighted by molar-refractivity contribution is 3.18. The van der Waals surface area contributed by atoms with Gasteiger partial charge in [0, 0.05) is 21.2 Å². The van der Waals surface area contributed by atoms with Crippen molar-refractivity contribution in [2.45, 2.75) is 0 Å². The minimum atomic E-state index is 1.35. The van der Waals surface area contributed by atoms with Gasteiger partial charge in [-0.2, -0.15) is 0 Å². The van der Waals surface area contributed by atoms with Crippen LogP contribution in [0.2, 0.25) is 0 Å². The molecule has 0 aromatic carbocycles. The van der Waals surface area contributed by atoms with E-state index in [0.29, 0.717) is 0 Å². The molecule has 0 radical (unpaired) electrons. The summed E-state index contributed by atoms with van der Waals surface area (Å²) in [5.74, 6) is 0. The van der Waals surface area contributed by atoms with E-state index in [4.69, 9.17) is 6.42 Å². The summed E-state index contributed by atoms with van der Waals surface area (Å²) in [6.45, 7) is 0. The highest BCUT2D eigenvalue weighted by molar-refractivity contribution is 14.2. The van der Waals surface area contributed by atoms with Crippen LogP contribution in [-0.2, 0) is 0 Å². The van der Waals surface area contributed by atoms with Gasteiger partial charge in [-0.1, -0.05) is 0 Å². The van der Waals surface area contributed by atoms with Gasteiger partial charge in [0.25, 0.3) is 0 Å². The Kier molecular flexibility index (Phi) is 4.22. The van der Waals surface area contributed by atoms with E-state index >= 15 is 0 Å². The van der Waals surface area contributed by atoms with Crippen molar-refractivity contribution in [1.82, 2.24) is 0 Å².